The van der Waals surface area contributed by atoms with E-state index in [1.807, 2.05) is 0 Å². The molecule has 0 fully saturated rings. The Hall–Kier alpha value is -1.47. The van der Waals surface area contributed by atoms with Crippen molar-refractivity contribution in [2.45, 2.75) is 33.1 Å². The van der Waals surface area contributed by atoms with E-state index in [1.165, 1.54) is 23.1 Å². The van der Waals surface area contributed by atoms with Gasteiger partial charge in [-0.2, -0.15) is 0 Å². The molecule has 5 nitrogen and oxygen atoms in total. The summed E-state index contributed by atoms with van der Waals surface area (Å²) in [6.45, 7) is 3.58. The lowest BCUT2D eigenvalue weighted by Gasteiger charge is -2.18. The van der Waals surface area contributed by atoms with E-state index in [-0.39, 0.29) is 11.0 Å². The topological polar surface area (TPSA) is 84.2 Å². The van der Waals surface area contributed by atoms with Crippen molar-refractivity contribution in [1.29, 1.82) is 0 Å². The Bertz CT molecular complexity index is 580. The summed E-state index contributed by atoms with van der Waals surface area (Å²) in [5.41, 5.74) is 7.05. The molecule has 0 radical (unpaired) electrons. The highest BCUT2D eigenvalue weighted by atomic mass is 32.1. The van der Waals surface area contributed by atoms with Gasteiger partial charge >= 0.3 is 0 Å². The zero-order chi connectivity index (χ0) is 14.9. The number of hydrogen-bond acceptors (Lipinski definition) is 4. The largest absolute Gasteiger partial charge is 0.365 e. The quantitative estimate of drug-likeness (QED) is 0.727. The number of carbonyl (C=O) groups is 2. The van der Waals surface area contributed by atoms with Crippen LogP contribution < -0.4 is 16.4 Å². The number of primary amides is 1. The van der Waals surface area contributed by atoms with Crippen molar-refractivity contribution in [2.24, 2.45) is 11.7 Å². The van der Waals surface area contributed by atoms with Crippen molar-refractivity contribution in [3.8, 4) is 0 Å². The second kappa shape index (κ2) is 5.88. The number of fused-ring (bicyclic) bond motifs is 1. The van der Waals surface area contributed by atoms with E-state index >= 15 is 0 Å². The monoisotopic (exact) mass is 311 g/mol. The molecule has 7 heteroatoms. The maximum atomic E-state index is 11.7. The number of hydrogen-bond donors (Lipinski definition) is 3. The van der Waals surface area contributed by atoms with Gasteiger partial charge in [0.2, 0.25) is 5.91 Å². The molecule has 1 aliphatic carbocycles. The van der Waals surface area contributed by atoms with E-state index in [0.717, 1.165) is 24.8 Å². The minimum Gasteiger partial charge on any atom is -0.365 e. The fourth-order valence-electron chi connectivity index (χ4n) is 2.39. The lowest BCUT2D eigenvalue weighted by molar-refractivity contribution is -0.117. The van der Waals surface area contributed by atoms with Crippen LogP contribution in [0.1, 0.15) is 41.1 Å². The van der Waals surface area contributed by atoms with Crippen LogP contribution in [0, 0.1) is 5.92 Å². The van der Waals surface area contributed by atoms with Crippen LogP contribution in [0.15, 0.2) is 0 Å². The Labute approximate surface area is 126 Å². The number of thiocarbonyl (C=S) groups is 1. The van der Waals surface area contributed by atoms with Crippen molar-refractivity contribution in [3.05, 3.63) is 16.0 Å². The average Bonchev–Trinajstić information content (AvgIpc) is 2.64. The maximum Gasteiger partial charge on any atom is 0.251 e. The molecule has 0 aromatic carbocycles. The summed E-state index contributed by atoms with van der Waals surface area (Å²) in [6.07, 6.45) is 2.87. The van der Waals surface area contributed by atoms with Crippen molar-refractivity contribution in [2.75, 3.05) is 5.32 Å². The summed E-state index contributed by atoms with van der Waals surface area (Å²) in [5.74, 6) is -0.0970. The Morgan fingerprint density at radius 1 is 1.45 bits per heavy atom. The van der Waals surface area contributed by atoms with Gasteiger partial charge in [-0.25, -0.2) is 0 Å². The highest BCUT2D eigenvalue weighted by Crippen LogP contribution is 2.39. The normalized spacial score (nSPS) is 17.2. The van der Waals surface area contributed by atoms with Gasteiger partial charge in [-0.15, -0.1) is 11.3 Å². The van der Waals surface area contributed by atoms with Gasteiger partial charge in [0.1, 0.15) is 5.00 Å². The summed E-state index contributed by atoms with van der Waals surface area (Å²) >= 11 is 6.53. The highest BCUT2D eigenvalue weighted by Gasteiger charge is 2.26. The molecule has 1 atom stereocenters. The Morgan fingerprint density at radius 2 is 2.15 bits per heavy atom. The molecule has 2 amide bonds. The summed E-state index contributed by atoms with van der Waals surface area (Å²) in [4.78, 5) is 23.9. The third kappa shape index (κ3) is 3.16. The fourth-order valence-corrected chi connectivity index (χ4v) is 4.12. The molecule has 0 saturated carbocycles. The smallest absolute Gasteiger partial charge is 0.251 e. The number of anilines is 1. The molecule has 0 aliphatic heterocycles. The number of rotatable bonds is 2. The minimum atomic E-state index is -0.454. The molecule has 0 bridgehead atoms. The first kappa shape index (κ1) is 14.9. The standard InChI is InChI=1S/C13H17N3O2S2/c1-6-3-4-8-9(5-6)20-12(10(8)11(14)18)16-13(19)15-7(2)17/h6H,3-5H2,1-2H3,(H2,14,18)(H2,15,16,17,19)/t6-/m0/s1. The molecule has 20 heavy (non-hydrogen) atoms. The van der Waals surface area contributed by atoms with E-state index < -0.39 is 5.91 Å². The SMILES string of the molecule is CC(=O)NC(=S)Nc1sc2c(c1C(N)=O)CC[C@H](C)C2. The van der Waals surface area contributed by atoms with E-state index in [4.69, 9.17) is 18.0 Å². The molecule has 4 N–H and O–H groups in total. The molecule has 0 saturated heterocycles. The molecule has 1 heterocycles. The van der Waals surface area contributed by atoms with Crippen molar-refractivity contribution in [1.82, 2.24) is 5.32 Å². The number of nitrogens with two attached hydrogens (primary N) is 1. The molecule has 108 valence electrons. The first-order valence-corrected chi connectivity index (χ1v) is 7.63. The number of nitrogens with one attached hydrogen (secondary N) is 2. The molecule has 0 spiro atoms. The predicted octanol–water partition coefficient (Wildman–Crippen LogP) is 1.80. The number of thiophene rings is 1. The summed E-state index contributed by atoms with van der Waals surface area (Å²) in [7, 11) is 0. The first-order chi connectivity index (χ1) is 9.38. The molecule has 0 unspecified atom stereocenters. The van der Waals surface area contributed by atoms with Gasteiger partial charge in [0, 0.05) is 11.8 Å². The van der Waals surface area contributed by atoms with E-state index in [1.54, 1.807) is 0 Å². The van der Waals surface area contributed by atoms with Crippen LogP contribution in [-0.2, 0) is 17.6 Å². The number of amides is 2. The minimum absolute atomic E-state index is 0.187. The molecule has 1 aromatic heterocycles. The van der Waals surface area contributed by atoms with Crippen LogP contribution in [0.25, 0.3) is 0 Å². The van der Waals surface area contributed by atoms with Crippen LogP contribution in [0.4, 0.5) is 5.00 Å². The van der Waals surface area contributed by atoms with Crippen LogP contribution in [0.2, 0.25) is 0 Å². The van der Waals surface area contributed by atoms with Crippen molar-refractivity contribution < 1.29 is 9.59 Å². The van der Waals surface area contributed by atoms with Crippen molar-refractivity contribution in [3.63, 3.8) is 0 Å². The zero-order valence-corrected chi connectivity index (χ0v) is 13.0. The Kier molecular flexibility index (Phi) is 4.39. The summed E-state index contributed by atoms with van der Waals surface area (Å²) in [5, 5.41) is 6.22. The van der Waals surface area contributed by atoms with Gasteiger partial charge in [0.15, 0.2) is 5.11 Å². The van der Waals surface area contributed by atoms with E-state index in [0.29, 0.717) is 16.5 Å². The van der Waals surface area contributed by atoms with Crippen LogP contribution >= 0.6 is 23.6 Å². The summed E-state index contributed by atoms with van der Waals surface area (Å²) < 4.78 is 0. The van der Waals surface area contributed by atoms with Gasteiger partial charge in [-0.05, 0) is 43.0 Å². The lowest BCUT2D eigenvalue weighted by Crippen LogP contribution is -2.32. The first-order valence-electron chi connectivity index (χ1n) is 6.41. The van der Waals surface area contributed by atoms with Crippen LogP contribution in [-0.4, -0.2) is 16.9 Å². The van der Waals surface area contributed by atoms with Crippen molar-refractivity contribution >= 4 is 45.5 Å². The van der Waals surface area contributed by atoms with Crippen LogP contribution in [0.3, 0.4) is 0 Å². The third-order valence-electron chi connectivity index (χ3n) is 3.27. The molecular formula is C13H17N3O2S2. The Morgan fingerprint density at radius 3 is 2.75 bits per heavy atom. The summed E-state index contributed by atoms with van der Waals surface area (Å²) in [6, 6.07) is 0. The maximum absolute atomic E-state index is 11.7. The second-order valence-electron chi connectivity index (χ2n) is 5.06. The van der Waals surface area contributed by atoms with Gasteiger partial charge in [-0.1, -0.05) is 6.92 Å². The van der Waals surface area contributed by atoms with Gasteiger partial charge < -0.3 is 16.4 Å². The molecule has 2 rings (SSSR count). The highest BCUT2D eigenvalue weighted by molar-refractivity contribution is 7.80. The van der Waals surface area contributed by atoms with E-state index in [9.17, 15) is 9.59 Å². The number of carbonyl (C=O) groups excluding carboxylic acids is 2. The molecule has 1 aliphatic rings. The van der Waals surface area contributed by atoms with Crippen LogP contribution in [0.5, 0.6) is 0 Å². The predicted molar refractivity (Wildman–Crippen MR) is 84.1 cm³/mol. The van der Waals surface area contributed by atoms with E-state index in [2.05, 4.69) is 17.6 Å². The second-order valence-corrected chi connectivity index (χ2v) is 6.57. The van der Waals surface area contributed by atoms with Gasteiger partial charge in [0.25, 0.3) is 5.91 Å². The molecule has 1 aromatic rings. The third-order valence-corrected chi connectivity index (χ3v) is 4.65. The Balaban J connectivity index is 2.31. The average molecular weight is 311 g/mol. The lowest BCUT2D eigenvalue weighted by atomic mass is 9.88. The van der Waals surface area contributed by atoms with Gasteiger partial charge in [-0.3, -0.25) is 9.59 Å². The zero-order valence-electron chi connectivity index (χ0n) is 11.4. The fraction of sp³-hybridized carbons (Fsp3) is 0.462. The molecular weight excluding hydrogens is 294 g/mol. The van der Waals surface area contributed by atoms with Gasteiger partial charge in [0.05, 0.1) is 5.56 Å².